The highest BCUT2D eigenvalue weighted by atomic mass is 16.2. The summed E-state index contributed by atoms with van der Waals surface area (Å²) in [5.41, 5.74) is 2.33. The van der Waals surface area contributed by atoms with Crippen molar-refractivity contribution in [1.82, 2.24) is 20.4 Å². The predicted molar refractivity (Wildman–Crippen MR) is 78.7 cm³/mol. The maximum atomic E-state index is 12.7. The van der Waals surface area contributed by atoms with E-state index in [1.54, 1.807) is 0 Å². The Balaban J connectivity index is 2.16. The second kappa shape index (κ2) is 6.79. The molecule has 2 heterocycles. The summed E-state index contributed by atoms with van der Waals surface area (Å²) in [6.45, 7) is 6.55. The van der Waals surface area contributed by atoms with Crippen LogP contribution in [0, 0.1) is 12.8 Å². The third-order valence-electron chi connectivity index (χ3n) is 3.86. The molecule has 1 aliphatic rings. The van der Waals surface area contributed by atoms with Gasteiger partial charge in [-0.1, -0.05) is 6.92 Å². The molecule has 5 heteroatoms. The zero-order chi connectivity index (χ0) is 14.5. The lowest BCUT2D eigenvalue weighted by Gasteiger charge is -2.33. The molecule has 0 aromatic carbocycles. The van der Waals surface area contributed by atoms with E-state index in [-0.39, 0.29) is 5.91 Å². The summed E-state index contributed by atoms with van der Waals surface area (Å²) in [6, 6.07) is 1.87. The molecule has 1 N–H and O–H groups in total. The van der Waals surface area contributed by atoms with Gasteiger partial charge in [0.05, 0.1) is 17.0 Å². The van der Waals surface area contributed by atoms with E-state index in [1.807, 2.05) is 31.9 Å². The van der Waals surface area contributed by atoms with Crippen LogP contribution in [0.15, 0.2) is 6.07 Å². The normalized spacial score (nSPS) is 19.1. The Morgan fingerprint density at radius 3 is 3.00 bits per heavy atom. The van der Waals surface area contributed by atoms with E-state index in [2.05, 4.69) is 15.5 Å². The van der Waals surface area contributed by atoms with Crippen LogP contribution in [0.5, 0.6) is 0 Å². The number of hydrogen-bond acceptors (Lipinski definition) is 4. The van der Waals surface area contributed by atoms with Gasteiger partial charge in [0.2, 0.25) is 0 Å². The lowest BCUT2D eigenvalue weighted by Crippen LogP contribution is -2.42. The van der Waals surface area contributed by atoms with Crippen LogP contribution in [0.3, 0.4) is 0 Å². The van der Waals surface area contributed by atoms with Gasteiger partial charge in [-0.3, -0.25) is 4.79 Å². The molecule has 5 nitrogen and oxygen atoms in total. The van der Waals surface area contributed by atoms with Gasteiger partial charge in [-0.05, 0) is 51.8 Å². The van der Waals surface area contributed by atoms with Crippen LogP contribution in [-0.4, -0.2) is 47.7 Å². The number of aryl methyl sites for hydroxylation is 2. The summed E-state index contributed by atoms with van der Waals surface area (Å²) in [4.78, 5) is 14.7. The number of likely N-dealkylation sites (tertiary alicyclic amines) is 1. The van der Waals surface area contributed by atoms with E-state index in [1.165, 1.54) is 6.42 Å². The van der Waals surface area contributed by atoms with Gasteiger partial charge in [0, 0.05) is 13.1 Å². The number of nitrogens with zero attached hydrogens (tertiary/aromatic N) is 3. The summed E-state index contributed by atoms with van der Waals surface area (Å²) >= 11 is 0. The Morgan fingerprint density at radius 1 is 1.50 bits per heavy atom. The number of amides is 1. The van der Waals surface area contributed by atoms with Crippen molar-refractivity contribution in [3.63, 3.8) is 0 Å². The Bertz CT molecular complexity index is 473. The third kappa shape index (κ3) is 3.33. The fourth-order valence-electron chi connectivity index (χ4n) is 2.84. The molecule has 0 radical (unpaired) electrons. The second-order valence-electron chi connectivity index (χ2n) is 5.52. The third-order valence-corrected chi connectivity index (χ3v) is 3.86. The lowest BCUT2D eigenvalue weighted by molar-refractivity contribution is 0.0672. The van der Waals surface area contributed by atoms with E-state index in [0.717, 1.165) is 49.4 Å². The maximum Gasteiger partial charge on any atom is 0.255 e. The molecule has 2 rings (SSSR count). The Labute approximate surface area is 120 Å². The highest BCUT2D eigenvalue weighted by Crippen LogP contribution is 2.19. The summed E-state index contributed by atoms with van der Waals surface area (Å²) in [7, 11) is 1.96. The molecule has 1 unspecified atom stereocenters. The van der Waals surface area contributed by atoms with Crippen molar-refractivity contribution in [2.75, 3.05) is 26.7 Å². The number of rotatable bonds is 4. The SMILES string of the molecule is CCc1nnc(C)cc1C(=O)N1CCCC(CNC)C1. The fourth-order valence-corrected chi connectivity index (χ4v) is 2.84. The van der Waals surface area contributed by atoms with E-state index in [9.17, 15) is 4.79 Å². The van der Waals surface area contributed by atoms with Crippen LogP contribution in [-0.2, 0) is 6.42 Å². The van der Waals surface area contributed by atoms with Crippen molar-refractivity contribution >= 4 is 5.91 Å². The Hall–Kier alpha value is -1.49. The van der Waals surface area contributed by atoms with Crippen molar-refractivity contribution in [2.24, 2.45) is 5.92 Å². The highest BCUT2D eigenvalue weighted by Gasteiger charge is 2.25. The predicted octanol–water partition coefficient (Wildman–Crippen LogP) is 1.42. The fraction of sp³-hybridized carbons (Fsp3) is 0.667. The summed E-state index contributed by atoms with van der Waals surface area (Å²) in [6.07, 6.45) is 3.01. The molecule has 1 aromatic heterocycles. The topological polar surface area (TPSA) is 58.1 Å². The van der Waals surface area contributed by atoms with Gasteiger partial charge in [0.1, 0.15) is 0 Å². The molecule has 1 saturated heterocycles. The van der Waals surface area contributed by atoms with Crippen LogP contribution >= 0.6 is 0 Å². The lowest BCUT2D eigenvalue weighted by atomic mass is 9.97. The molecule has 0 spiro atoms. The quantitative estimate of drug-likeness (QED) is 0.903. The summed E-state index contributed by atoms with van der Waals surface area (Å²) in [5.74, 6) is 0.666. The van der Waals surface area contributed by atoms with Crippen molar-refractivity contribution in [1.29, 1.82) is 0 Å². The average molecular weight is 276 g/mol. The van der Waals surface area contributed by atoms with Crippen LogP contribution < -0.4 is 5.32 Å². The number of hydrogen-bond donors (Lipinski definition) is 1. The minimum Gasteiger partial charge on any atom is -0.338 e. The molecular weight excluding hydrogens is 252 g/mol. The first-order valence-electron chi connectivity index (χ1n) is 7.42. The van der Waals surface area contributed by atoms with Gasteiger partial charge in [-0.2, -0.15) is 10.2 Å². The summed E-state index contributed by atoms with van der Waals surface area (Å²) in [5, 5.41) is 11.4. The van der Waals surface area contributed by atoms with E-state index < -0.39 is 0 Å². The van der Waals surface area contributed by atoms with Crippen LogP contribution in [0.4, 0.5) is 0 Å². The van der Waals surface area contributed by atoms with Gasteiger partial charge in [0.25, 0.3) is 5.91 Å². The molecule has 0 saturated carbocycles. The van der Waals surface area contributed by atoms with Crippen LogP contribution in [0.1, 0.15) is 41.5 Å². The first kappa shape index (κ1) is 14.9. The molecule has 0 aliphatic carbocycles. The van der Waals surface area contributed by atoms with Crippen molar-refractivity contribution in [3.8, 4) is 0 Å². The molecule has 1 aliphatic heterocycles. The van der Waals surface area contributed by atoms with Crippen molar-refractivity contribution in [3.05, 3.63) is 23.0 Å². The molecule has 1 atom stereocenters. The highest BCUT2D eigenvalue weighted by molar-refractivity contribution is 5.95. The number of aromatic nitrogens is 2. The summed E-state index contributed by atoms with van der Waals surface area (Å²) < 4.78 is 0. The molecule has 0 bridgehead atoms. The number of piperidine rings is 1. The van der Waals surface area contributed by atoms with Gasteiger partial charge in [-0.15, -0.1) is 0 Å². The first-order chi connectivity index (χ1) is 9.65. The molecule has 110 valence electrons. The minimum absolute atomic E-state index is 0.112. The average Bonchev–Trinajstić information content (AvgIpc) is 2.47. The zero-order valence-electron chi connectivity index (χ0n) is 12.6. The standard InChI is InChI=1S/C15H24N4O/c1-4-14-13(8-11(2)17-18-14)15(20)19-7-5-6-12(10-19)9-16-3/h8,12,16H,4-7,9-10H2,1-3H3. The molecule has 1 fully saturated rings. The number of nitrogens with one attached hydrogen (secondary N) is 1. The van der Waals surface area contributed by atoms with Crippen LogP contribution in [0.25, 0.3) is 0 Å². The zero-order valence-corrected chi connectivity index (χ0v) is 12.6. The van der Waals surface area contributed by atoms with E-state index >= 15 is 0 Å². The van der Waals surface area contributed by atoms with E-state index in [0.29, 0.717) is 5.92 Å². The van der Waals surface area contributed by atoms with Gasteiger partial charge in [-0.25, -0.2) is 0 Å². The number of carbonyl (C=O) groups excluding carboxylic acids is 1. The van der Waals surface area contributed by atoms with Gasteiger partial charge in [0.15, 0.2) is 0 Å². The van der Waals surface area contributed by atoms with E-state index in [4.69, 9.17) is 0 Å². The van der Waals surface area contributed by atoms with Gasteiger partial charge >= 0.3 is 0 Å². The van der Waals surface area contributed by atoms with Gasteiger partial charge < -0.3 is 10.2 Å². The van der Waals surface area contributed by atoms with Crippen LogP contribution in [0.2, 0.25) is 0 Å². The Kier molecular flexibility index (Phi) is 5.06. The minimum atomic E-state index is 0.112. The number of carbonyl (C=O) groups is 1. The maximum absolute atomic E-state index is 12.7. The molecular formula is C15H24N4O. The Morgan fingerprint density at radius 2 is 2.30 bits per heavy atom. The van der Waals surface area contributed by atoms with Crippen molar-refractivity contribution in [2.45, 2.75) is 33.1 Å². The van der Waals surface area contributed by atoms with Crippen molar-refractivity contribution < 1.29 is 4.79 Å². The molecule has 1 amide bonds. The molecule has 1 aromatic rings. The largest absolute Gasteiger partial charge is 0.338 e. The smallest absolute Gasteiger partial charge is 0.255 e. The second-order valence-corrected chi connectivity index (χ2v) is 5.52. The molecule has 20 heavy (non-hydrogen) atoms. The first-order valence-corrected chi connectivity index (χ1v) is 7.42. The monoisotopic (exact) mass is 276 g/mol.